The molecule has 2 N–H and O–H groups in total. The van der Waals surface area contributed by atoms with Crippen molar-refractivity contribution >= 4 is 46.3 Å². The van der Waals surface area contributed by atoms with E-state index in [9.17, 15) is 4.79 Å². The number of rotatable bonds is 5. The molecular formula is C29H26N4O2. The SMILES string of the molecule is O=C1Nc2ccccc2/C1=C/c1ccc2c(C=Cc3ccc(CN4CCOCC4)cc3)n[nH]c2c1. The van der Waals surface area contributed by atoms with E-state index in [2.05, 4.69) is 56.8 Å². The lowest BCUT2D eigenvalue weighted by Crippen LogP contribution is -2.35. The average Bonchev–Trinajstić information content (AvgIpc) is 3.44. The van der Waals surface area contributed by atoms with Gasteiger partial charge in [0.05, 0.1) is 24.4 Å². The van der Waals surface area contributed by atoms with Gasteiger partial charge in [-0.15, -0.1) is 0 Å². The molecule has 0 spiro atoms. The van der Waals surface area contributed by atoms with Crippen LogP contribution in [0.15, 0.2) is 66.7 Å². The van der Waals surface area contributed by atoms with Crippen LogP contribution in [0.3, 0.4) is 0 Å². The Kier molecular flexibility index (Phi) is 5.74. The van der Waals surface area contributed by atoms with E-state index < -0.39 is 0 Å². The Labute approximate surface area is 203 Å². The summed E-state index contributed by atoms with van der Waals surface area (Å²) in [7, 11) is 0. The summed E-state index contributed by atoms with van der Waals surface area (Å²) in [5, 5.41) is 11.6. The molecule has 6 nitrogen and oxygen atoms in total. The quantitative estimate of drug-likeness (QED) is 0.407. The second-order valence-corrected chi connectivity index (χ2v) is 8.94. The Bertz CT molecular complexity index is 1440. The fourth-order valence-electron chi connectivity index (χ4n) is 4.65. The molecule has 0 bridgehead atoms. The highest BCUT2D eigenvalue weighted by molar-refractivity contribution is 6.34. The van der Waals surface area contributed by atoms with Crippen LogP contribution >= 0.6 is 0 Å². The molecular weight excluding hydrogens is 436 g/mol. The van der Waals surface area contributed by atoms with Gasteiger partial charge in [-0.25, -0.2) is 0 Å². The van der Waals surface area contributed by atoms with Crippen molar-refractivity contribution in [2.24, 2.45) is 0 Å². The topological polar surface area (TPSA) is 70.2 Å². The van der Waals surface area contributed by atoms with Crippen molar-refractivity contribution < 1.29 is 9.53 Å². The molecule has 2 aliphatic heterocycles. The number of anilines is 1. The van der Waals surface area contributed by atoms with Gasteiger partial charge < -0.3 is 10.1 Å². The number of aromatic amines is 1. The summed E-state index contributed by atoms with van der Waals surface area (Å²) in [4.78, 5) is 14.9. The van der Waals surface area contributed by atoms with Crippen molar-refractivity contribution in [3.8, 4) is 0 Å². The Morgan fingerprint density at radius 2 is 1.74 bits per heavy atom. The maximum Gasteiger partial charge on any atom is 0.256 e. The molecule has 0 saturated carbocycles. The highest BCUT2D eigenvalue weighted by atomic mass is 16.5. The molecule has 6 heteroatoms. The summed E-state index contributed by atoms with van der Waals surface area (Å²) in [6, 6.07) is 22.5. The zero-order chi connectivity index (χ0) is 23.6. The van der Waals surface area contributed by atoms with Crippen LogP contribution < -0.4 is 5.32 Å². The van der Waals surface area contributed by atoms with E-state index in [-0.39, 0.29) is 5.91 Å². The molecule has 3 heterocycles. The number of carbonyl (C=O) groups is 1. The van der Waals surface area contributed by atoms with E-state index in [0.717, 1.165) is 71.8 Å². The Hall–Kier alpha value is -4.00. The number of carbonyl (C=O) groups excluding carboxylic acids is 1. The van der Waals surface area contributed by atoms with Gasteiger partial charge in [-0.05, 0) is 47.0 Å². The van der Waals surface area contributed by atoms with E-state index in [4.69, 9.17) is 4.74 Å². The molecule has 2 aliphatic rings. The molecule has 1 aromatic heterocycles. The minimum absolute atomic E-state index is 0.0736. The molecule has 0 atom stereocenters. The van der Waals surface area contributed by atoms with Crippen LogP contribution in [0.25, 0.3) is 34.7 Å². The van der Waals surface area contributed by atoms with Crippen LogP contribution in [0.5, 0.6) is 0 Å². The van der Waals surface area contributed by atoms with Gasteiger partial charge in [0, 0.05) is 41.8 Å². The number of amides is 1. The first-order valence-corrected chi connectivity index (χ1v) is 11.9. The van der Waals surface area contributed by atoms with Gasteiger partial charge in [0.1, 0.15) is 0 Å². The molecule has 0 radical (unpaired) electrons. The van der Waals surface area contributed by atoms with Gasteiger partial charge in [-0.3, -0.25) is 14.8 Å². The predicted molar refractivity (Wildman–Crippen MR) is 141 cm³/mol. The zero-order valence-electron chi connectivity index (χ0n) is 19.3. The number of para-hydroxylation sites is 1. The third-order valence-electron chi connectivity index (χ3n) is 6.56. The van der Waals surface area contributed by atoms with Crippen LogP contribution in [0.1, 0.15) is 27.9 Å². The van der Waals surface area contributed by atoms with Gasteiger partial charge in [-0.2, -0.15) is 5.10 Å². The first-order valence-electron chi connectivity index (χ1n) is 11.9. The van der Waals surface area contributed by atoms with Crippen molar-refractivity contribution in [2.45, 2.75) is 6.54 Å². The average molecular weight is 463 g/mol. The normalized spacial score (nSPS) is 17.4. The molecule has 0 unspecified atom stereocenters. The number of morpholine rings is 1. The largest absolute Gasteiger partial charge is 0.379 e. The molecule has 1 saturated heterocycles. The van der Waals surface area contributed by atoms with Crippen LogP contribution in [0.2, 0.25) is 0 Å². The van der Waals surface area contributed by atoms with Crippen LogP contribution in [-0.2, 0) is 16.1 Å². The molecule has 35 heavy (non-hydrogen) atoms. The fraction of sp³-hybridized carbons (Fsp3) is 0.172. The molecule has 1 fully saturated rings. The maximum atomic E-state index is 12.4. The van der Waals surface area contributed by atoms with Crippen molar-refractivity contribution in [1.82, 2.24) is 15.1 Å². The number of hydrogen-bond donors (Lipinski definition) is 2. The summed E-state index contributed by atoms with van der Waals surface area (Å²) in [6.07, 6.45) is 6.05. The van der Waals surface area contributed by atoms with Gasteiger partial charge in [0.15, 0.2) is 0 Å². The van der Waals surface area contributed by atoms with Gasteiger partial charge in [-0.1, -0.05) is 54.6 Å². The van der Waals surface area contributed by atoms with E-state index >= 15 is 0 Å². The van der Waals surface area contributed by atoms with E-state index in [0.29, 0.717) is 5.57 Å². The number of benzene rings is 3. The van der Waals surface area contributed by atoms with Crippen LogP contribution in [0, 0.1) is 0 Å². The Balaban J connectivity index is 1.18. The molecule has 0 aliphatic carbocycles. The minimum atomic E-state index is -0.0736. The summed E-state index contributed by atoms with van der Waals surface area (Å²) < 4.78 is 5.43. The first kappa shape index (κ1) is 21.5. The van der Waals surface area contributed by atoms with Crippen molar-refractivity contribution in [2.75, 3.05) is 31.6 Å². The molecule has 4 aromatic rings. The lowest BCUT2D eigenvalue weighted by Gasteiger charge is -2.26. The molecule has 6 rings (SSSR count). The number of nitrogens with one attached hydrogen (secondary N) is 2. The highest BCUT2D eigenvalue weighted by Crippen LogP contribution is 2.33. The second kappa shape index (κ2) is 9.33. The van der Waals surface area contributed by atoms with Gasteiger partial charge >= 0.3 is 0 Å². The number of nitrogens with zero attached hydrogens (tertiary/aromatic N) is 2. The number of ether oxygens (including phenoxy) is 1. The summed E-state index contributed by atoms with van der Waals surface area (Å²) >= 11 is 0. The van der Waals surface area contributed by atoms with Crippen LogP contribution in [0.4, 0.5) is 5.69 Å². The number of hydrogen-bond acceptors (Lipinski definition) is 4. The van der Waals surface area contributed by atoms with Gasteiger partial charge in [0.2, 0.25) is 0 Å². The maximum absolute atomic E-state index is 12.4. The standard InChI is InChI=1S/C29H26N4O2/c34-29-25(23-3-1-2-4-26(23)30-29)17-22-9-11-24-27(31-32-28(24)18-22)12-10-20-5-7-21(8-6-20)19-33-13-15-35-16-14-33/h1-12,17-18H,13-16,19H2,(H,30,34)(H,31,32)/b12-10?,25-17-. The lowest BCUT2D eigenvalue weighted by atomic mass is 10.0. The number of H-pyrrole nitrogens is 1. The zero-order valence-corrected chi connectivity index (χ0v) is 19.3. The highest BCUT2D eigenvalue weighted by Gasteiger charge is 2.23. The van der Waals surface area contributed by atoms with E-state index in [1.165, 1.54) is 5.56 Å². The monoisotopic (exact) mass is 462 g/mol. The number of fused-ring (bicyclic) bond motifs is 2. The minimum Gasteiger partial charge on any atom is -0.379 e. The number of aromatic nitrogens is 2. The van der Waals surface area contributed by atoms with E-state index in [1.807, 2.05) is 48.6 Å². The van der Waals surface area contributed by atoms with Crippen molar-refractivity contribution in [3.05, 3.63) is 94.7 Å². The fourth-order valence-corrected chi connectivity index (χ4v) is 4.65. The summed E-state index contributed by atoms with van der Waals surface area (Å²) in [5.41, 5.74) is 7.70. The third kappa shape index (κ3) is 4.54. The van der Waals surface area contributed by atoms with Gasteiger partial charge in [0.25, 0.3) is 5.91 Å². The van der Waals surface area contributed by atoms with Crippen molar-refractivity contribution in [1.29, 1.82) is 0 Å². The second-order valence-electron chi connectivity index (χ2n) is 8.94. The molecule has 1 amide bonds. The summed E-state index contributed by atoms with van der Waals surface area (Å²) in [6.45, 7) is 4.59. The van der Waals surface area contributed by atoms with E-state index in [1.54, 1.807) is 0 Å². The third-order valence-corrected chi connectivity index (χ3v) is 6.56. The predicted octanol–water partition coefficient (Wildman–Crippen LogP) is 5.06. The van der Waals surface area contributed by atoms with Crippen molar-refractivity contribution in [3.63, 3.8) is 0 Å². The Morgan fingerprint density at radius 3 is 2.60 bits per heavy atom. The Morgan fingerprint density at radius 1 is 0.943 bits per heavy atom. The molecule has 3 aromatic carbocycles. The summed E-state index contributed by atoms with van der Waals surface area (Å²) in [5.74, 6) is -0.0736. The first-order chi connectivity index (χ1) is 17.2. The smallest absolute Gasteiger partial charge is 0.256 e. The van der Waals surface area contributed by atoms with Crippen LogP contribution in [-0.4, -0.2) is 47.3 Å². The molecule has 174 valence electrons. The lowest BCUT2D eigenvalue weighted by molar-refractivity contribution is -0.110.